The maximum Gasteiger partial charge on any atom is 0.234 e. The van der Waals surface area contributed by atoms with Gasteiger partial charge in [0.1, 0.15) is 0 Å². The Hall–Kier alpha value is -0.570. The predicted octanol–water partition coefficient (Wildman–Crippen LogP) is 2.14. The molecule has 92 valence electrons. The quantitative estimate of drug-likeness (QED) is 0.756. The molecule has 2 unspecified atom stereocenters. The average Bonchev–Trinajstić information content (AvgIpc) is 2.16. The fraction of sp³-hybridized carbons (Fsp3) is 0.917. The zero-order valence-electron chi connectivity index (χ0n) is 11.1. The third kappa shape index (κ3) is 9.73. The molecule has 0 spiro atoms. The van der Waals surface area contributed by atoms with Gasteiger partial charge in [-0.2, -0.15) is 0 Å². The van der Waals surface area contributed by atoms with Crippen LogP contribution in [0.1, 0.15) is 48.0 Å². The molecule has 1 amide bonds. The van der Waals surface area contributed by atoms with E-state index in [1.807, 2.05) is 13.8 Å². The topological polar surface area (TPSA) is 69.1 Å². The summed E-state index contributed by atoms with van der Waals surface area (Å²) in [5.41, 5.74) is 10.3. The van der Waals surface area contributed by atoms with Gasteiger partial charge in [0.15, 0.2) is 0 Å². The monoisotopic (exact) mass is 216 g/mol. The maximum absolute atomic E-state index is 10.4. The molecule has 2 atom stereocenters. The molecule has 0 aromatic rings. The first-order valence-corrected chi connectivity index (χ1v) is 5.78. The van der Waals surface area contributed by atoms with Crippen molar-refractivity contribution in [2.75, 3.05) is 0 Å². The molecule has 4 N–H and O–H groups in total. The second kappa shape index (κ2) is 8.72. The van der Waals surface area contributed by atoms with Crippen LogP contribution < -0.4 is 11.5 Å². The Kier molecular flexibility index (Phi) is 9.79. The van der Waals surface area contributed by atoms with Gasteiger partial charge in [-0.3, -0.25) is 4.79 Å². The van der Waals surface area contributed by atoms with Gasteiger partial charge in [0.05, 0.1) is 6.04 Å². The highest BCUT2D eigenvalue weighted by molar-refractivity contribution is 5.79. The van der Waals surface area contributed by atoms with E-state index in [-0.39, 0.29) is 5.92 Å². The van der Waals surface area contributed by atoms with E-state index in [0.29, 0.717) is 0 Å². The van der Waals surface area contributed by atoms with Gasteiger partial charge < -0.3 is 11.5 Å². The Morgan fingerprint density at radius 3 is 1.47 bits per heavy atom. The summed E-state index contributed by atoms with van der Waals surface area (Å²) in [7, 11) is 0. The third-order valence-electron chi connectivity index (χ3n) is 2.92. The Labute approximate surface area is 94.6 Å². The fourth-order valence-corrected chi connectivity index (χ4v) is 0.534. The van der Waals surface area contributed by atoms with Crippen LogP contribution in [-0.2, 0) is 4.79 Å². The molecule has 0 fully saturated rings. The van der Waals surface area contributed by atoms with Crippen molar-refractivity contribution in [3.05, 3.63) is 0 Å². The molecule has 0 aliphatic rings. The van der Waals surface area contributed by atoms with Crippen molar-refractivity contribution in [3.8, 4) is 0 Å². The summed E-state index contributed by atoms with van der Waals surface area (Å²) < 4.78 is 0. The van der Waals surface area contributed by atoms with Crippen LogP contribution in [0.15, 0.2) is 0 Å². The highest BCUT2D eigenvalue weighted by atomic mass is 16.1. The van der Waals surface area contributed by atoms with Crippen molar-refractivity contribution < 1.29 is 4.79 Å². The van der Waals surface area contributed by atoms with Crippen molar-refractivity contribution >= 4 is 5.91 Å². The van der Waals surface area contributed by atoms with Crippen LogP contribution in [0.5, 0.6) is 0 Å². The number of primary amides is 1. The van der Waals surface area contributed by atoms with Crippen molar-refractivity contribution in [2.45, 2.75) is 54.0 Å². The first-order valence-electron chi connectivity index (χ1n) is 5.78. The molecule has 0 aromatic heterocycles. The van der Waals surface area contributed by atoms with E-state index >= 15 is 0 Å². The SMILES string of the molecule is CC(C)C(C)C.CCC(C)C(N)C(N)=O. The van der Waals surface area contributed by atoms with Gasteiger partial charge in [-0.1, -0.05) is 48.0 Å². The summed E-state index contributed by atoms with van der Waals surface area (Å²) in [5, 5.41) is 0. The zero-order chi connectivity index (χ0) is 12.6. The van der Waals surface area contributed by atoms with Gasteiger partial charge in [0.25, 0.3) is 0 Å². The number of carbonyl (C=O) groups is 1. The van der Waals surface area contributed by atoms with Gasteiger partial charge in [-0.25, -0.2) is 0 Å². The Morgan fingerprint density at radius 2 is 1.40 bits per heavy atom. The molecule has 0 saturated heterocycles. The third-order valence-corrected chi connectivity index (χ3v) is 2.92. The van der Waals surface area contributed by atoms with Crippen LogP contribution in [0.2, 0.25) is 0 Å². The van der Waals surface area contributed by atoms with E-state index < -0.39 is 11.9 Å². The molecule has 15 heavy (non-hydrogen) atoms. The van der Waals surface area contributed by atoms with Crippen LogP contribution in [0, 0.1) is 17.8 Å². The minimum absolute atomic E-state index is 0.197. The highest BCUT2D eigenvalue weighted by Crippen LogP contribution is 2.05. The lowest BCUT2D eigenvalue weighted by molar-refractivity contribution is -0.120. The van der Waals surface area contributed by atoms with Crippen molar-refractivity contribution in [2.24, 2.45) is 29.2 Å². The average molecular weight is 216 g/mol. The predicted molar refractivity (Wildman–Crippen MR) is 66.3 cm³/mol. The molecule has 0 aliphatic carbocycles. The molecule has 0 saturated carbocycles. The minimum Gasteiger partial charge on any atom is -0.368 e. The van der Waals surface area contributed by atoms with Crippen LogP contribution in [0.4, 0.5) is 0 Å². The van der Waals surface area contributed by atoms with Crippen LogP contribution in [-0.4, -0.2) is 11.9 Å². The van der Waals surface area contributed by atoms with E-state index in [9.17, 15) is 4.79 Å². The second-order valence-electron chi connectivity index (χ2n) is 4.80. The van der Waals surface area contributed by atoms with Gasteiger partial charge >= 0.3 is 0 Å². The summed E-state index contributed by atoms with van der Waals surface area (Å²) >= 11 is 0. The number of rotatable bonds is 4. The summed E-state index contributed by atoms with van der Waals surface area (Å²) in [5.74, 6) is 1.49. The van der Waals surface area contributed by atoms with E-state index in [1.54, 1.807) is 0 Å². The first kappa shape index (κ1) is 16.8. The largest absolute Gasteiger partial charge is 0.368 e. The fourth-order valence-electron chi connectivity index (χ4n) is 0.534. The highest BCUT2D eigenvalue weighted by Gasteiger charge is 2.15. The van der Waals surface area contributed by atoms with Crippen LogP contribution in [0.3, 0.4) is 0 Å². The van der Waals surface area contributed by atoms with Gasteiger partial charge in [-0.05, 0) is 17.8 Å². The van der Waals surface area contributed by atoms with E-state index in [0.717, 1.165) is 18.3 Å². The number of hydrogen-bond donors (Lipinski definition) is 2. The van der Waals surface area contributed by atoms with Crippen LogP contribution >= 0.6 is 0 Å². The van der Waals surface area contributed by atoms with Crippen molar-refractivity contribution in [3.63, 3.8) is 0 Å². The molecular formula is C12H28N2O. The summed E-state index contributed by atoms with van der Waals surface area (Å²) in [6.45, 7) is 12.9. The standard InChI is InChI=1S/C6H14N2O.C6H14/c1-3-4(2)5(7)6(8)9;1-5(2)6(3)4/h4-5H,3,7H2,1-2H3,(H2,8,9);5-6H,1-4H3. The molecule has 0 radical (unpaired) electrons. The molecule has 0 aromatic carbocycles. The number of hydrogen-bond acceptors (Lipinski definition) is 2. The summed E-state index contributed by atoms with van der Waals surface area (Å²) in [6.07, 6.45) is 0.893. The lowest BCUT2D eigenvalue weighted by atomic mass is 10.00. The molecule has 3 heteroatoms. The Bertz CT molecular complexity index is 161. The number of amides is 1. The molecule has 0 rings (SSSR count). The summed E-state index contributed by atoms with van der Waals surface area (Å²) in [4.78, 5) is 10.4. The zero-order valence-corrected chi connectivity index (χ0v) is 11.1. The lowest BCUT2D eigenvalue weighted by Crippen LogP contribution is -2.41. The number of carbonyl (C=O) groups excluding carboxylic acids is 1. The van der Waals surface area contributed by atoms with Gasteiger partial charge in [0.2, 0.25) is 5.91 Å². The van der Waals surface area contributed by atoms with E-state index in [2.05, 4.69) is 27.7 Å². The number of nitrogens with two attached hydrogens (primary N) is 2. The Balaban J connectivity index is 0. The molecule has 3 nitrogen and oxygen atoms in total. The molecule has 0 aliphatic heterocycles. The normalized spacial score (nSPS) is 14.5. The van der Waals surface area contributed by atoms with E-state index in [1.165, 1.54) is 0 Å². The lowest BCUT2D eigenvalue weighted by Gasteiger charge is -2.13. The van der Waals surface area contributed by atoms with Crippen molar-refractivity contribution in [1.29, 1.82) is 0 Å². The molecular weight excluding hydrogens is 188 g/mol. The van der Waals surface area contributed by atoms with Gasteiger partial charge in [0, 0.05) is 0 Å². The second-order valence-corrected chi connectivity index (χ2v) is 4.80. The van der Waals surface area contributed by atoms with Gasteiger partial charge in [-0.15, -0.1) is 0 Å². The minimum atomic E-state index is -0.477. The molecule has 0 heterocycles. The summed E-state index contributed by atoms with van der Waals surface area (Å²) in [6, 6.07) is -0.477. The van der Waals surface area contributed by atoms with E-state index in [4.69, 9.17) is 11.5 Å². The van der Waals surface area contributed by atoms with Crippen LogP contribution in [0.25, 0.3) is 0 Å². The Morgan fingerprint density at radius 1 is 1.07 bits per heavy atom. The smallest absolute Gasteiger partial charge is 0.234 e. The maximum atomic E-state index is 10.4. The first-order chi connectivity index (χ1) is 6.73. The molecule has 0 bridgehead atoms. The van der Waals surface area contributed by atoms with Crippen molar-refractivity contribution in [1.82, 2.24) is 0 Å².